The van der Waals surface area contributed by atoms with E-state index < -0.39 is 10.8 Å². The van der Waals surface area contributed by atoms with Crippen molar-refractivity contribution in [2.24, 2.45) is 0 Å². The third kappa shape index (κ3) is 11.4. The second kappa shape index (κ2) is 25.7. The van der Waals surface area contributed by atoms with Gasteiger partial charge in [0.2, 0.25) is 0 Å². The first kappa shape index (κ1) is 65.7. The fourth-order valence-electron chi connectivity index (χ4n) is 16.1. The molecule has 0 bridgehead atoms. The minimum atomic E-state index is -0.794. The number of anilines is 6. The average Bonchev–Trinajstić information content (AvgIpc) is 1.55. The maximum Gasteiger partial charge on any atom is 0.135 e. The highest BCUT2D eigenvalue weighted by Gasteiger charge is 2.48. The van der Waals surface area contributed by atoms with Crippen LogP contribution in [0.4, 0.5) is 42.9 Å². The molecule has 105 heavy (non-hydrogen) atoms. The molecule has 0 saturated carbocycles. The van der Waals surface area contributed by atoms with Crippen LogP contribution in [-0.2, 0) is 21.7 Å². The van der Waals surface area contributed by atoms with Crippen LogP contribution in [0.25, 0.3) is 56.3 Å². The Bertz CT molecular complexity index is 5470. The Labute approximate surface area is 612 Å². The average molecular weight is 1370 g/mol. The first-order valence-corrected chi connectivity index (χ1v) is 35.8. The summed E-state index contributed by atoms with van der Waals surface area (Å²) >= 11 is 0. The van der Waals surface area contributed by atoms with E-state index in [0.29, 0.717) is 11.2 Å². The lowest BCUT2D eigenvalue weighted by atomic mass is 9.67. The predicted octanol–water partition coefficient (Wildman–Crippen LogP) is 27.0. The molecule has 0 aliphatic heterocycles. The van der Waals surface area contributed by atoms with E-state index in [9.17, 15) is 0 Å². The topological polar surface area (TPSA) is 38.1 Å². The fourth-order valence-corrected chi connectivity index (χ4v) is 16.1. The Hall–Kier alpha value is -12.6. The molecule has 0 saturated heterocycles. The molecule has 17 rings (SSSR count). The van der Waals surface area contributed by atoms with Crippen LogP contribution in [-0.4, -0.2) is 0 Å². The van der Waals surface area contributed by atoms with Gasteiger partial charge in [-0.3, -0.25) is 0 Å². The zero-order valence-electron chi connectivity index (χ0n) is 59.5. The predicted molar refractivity (Wildman–Crippen MR) is 428 cm³/mol. The van der Waals surface area contributed by atoms with Gasteiger partial charge in [-0.15, -0.1) is 0 Å². The van der Waals surface area contributed by atoms with Gasteiger partial charge in [-0.1, -0.05) is 225 Å². The van der Waals surface area contributed by atoms with Crippen LogP contribution in [0.5, 0.6) is 23.0 Å². The largest absolute Gasteiger partial charge is 0.457 e. The molecule has 510 valence electrons. The molecule has 0 N–H and O–H groups in total. The Balaban J connectivity index is 0.813. The molecule has 2 aliphatic carbocycles. The van der Waals surface area contributed by atoms with Crippen molar-refractivity contribution in [3.8, 4) is 45.3 Å². The highest BCUT2D eigenvalue weighted by atomic mass is 19.1. The van der Waals surface area contributed by atoms with Crippen LogP contribution in [0.3, 0.4) is 0 Å². The van der Waals surface area contributed by atoms with E-state index >= 15 is 8.78 Å². The van der Waals surface area contributed by atoms with Crippen molar-refractivity contribution >= 4 is 68.2 Å². The Morgan fingerprint density at radius 1 is 0.314 bits per heavy atom. The van der Waals surface area contributed by atoms with Gasteiger partial charge >= 0.3 is 0 Å². The molecule has 1 aromatic heterocycles. The van der Waals surface area contributed by atoms with Gasteiger partial charge in [-0.2, -0.15) is 0 Å². The lowest BCUT2D eigenvalue weighted by molar-refractivity contribution is 0.482. The van der Waals surface area contributed by atoms with Crippen molar-refractivity contribution in [1.29, 1.82) is 0 Å². The van der Waals surface area contributed by atoms with E-state index in [1.54, 1.807) is 0 Å². The molecule has 0 radical (unpaired) electrons. The smallest absolute Gasteiger partial charge is 0.135 e. The Kier molecular flexibility index (Phi) is 16.1. The number of fused-ring (bicyclic) bond motifs is 9. The number of ether oxygens (including phenoxy) is 2. The van der Waals surface area contributed by atoms with Crippen LogP contribution in [0.15, 0.2) is 333 Å². The summed E-state index contributed by atoms with van der Waals surface area (Å²) in [7, 11) is 0. The maximum absolute atomic E-state index is 15.3. The Morgan fingerprint density at radius 3 is 0.952 bits per heavy atom. The lowest BCUT2D eigenvalue weighted by Gasteiger charge is -2.35. The molecule has 7 heteroatoms. The number of furan rings is 1. The zero-order valence-corrected chi connectivity index (χ0v) is 59.5. The standard InChI is InChI=1S/C98H76F2N2O3/c1-9-63-19-47-79(48-20-63)103-81-51-31-69(32-52-81)97(67-27-23-65(24-28-67)95(3,4)5)89-17-13-11-15-83(89)85-55-43-77(61-91(85)97)101(73-39-35-71(99)36-40-73)75-45-57-93-87(59-75)88-60-76(46-58-94(88)105-93)102(74-41-37-72(100)38-42-74)78-44-56-86-84-16-12-14-18-90(84)98(92(86)62-78,68-29-25-66(26-30-68)96(6,7)8)70-33-53-82(54-34-70)104-80-49-21-64(10-2)22-50-80/h9-62H,1-2H2,3-8H3. The molecular weight excluding hydrogens is 1290 g/mol. The van der Waals surface area contributed by atoms with Crippen LogP contribution in [0, 0.1) is 11.6 Å². The molecule has 0 fully saturated rings. The molecule has 14 aromatic carbocycles. The van der Waals surface area contributed by atoms with Crippen LogP contribution >= 0.6 is 0 Å². The number of benzene rings is 14. The molecular formula is C98H76F2N2O3. The summed E-state index contributed by atoms with van der Waals surface area (Å²) in [5, 5.41) is 1.75. The fraction of sp³-hybridized carbons (Fsp3) is 0.102. The van der Waals surface area contributed by atoms with Crippen molar-refractivity contribution in [2.45, 2.75) is 63.2 Å². The number of hydrogen-bond acceptors (Lipinski definition) is 5. The van der Waals surface area contributed by atoms with Crippen molar-refractivity contribution in [1.82, 2.24) is 0 Å². The minimum absolute atomic E-state index is 0.0790. The summed E-state index contributed by atoms with van der Waals surface area (Å²) in [5.41, 5.74) is 22.6. The first-order chi connectivity index (χ1) is 51.0. The number of halogens is 2. The second-order valence-corrected chi connectivity index (χ2v) is 29.6. The summed E-state index contributed by atoms with van der Waals surface area (Å²) in [4.78, 5) is 4.43. The van der Waals surface area contributed by atoms with E-state index in [1.165, 1.54) is 35.4 Å². The molecule has 15 aromatic rings. The molecule has 0 amide bonds. The number of rotatable bonds is 16. The van der Waals surface area contributed by atoms with Gasteiger partial charge in [0, 0.05) is 44.9 Å². The van der Waals surface area contributed by atoms with Gasteiger partial charge < -0.3 is 23.7 Å². The van der Waals surface area contributed by atoms with Crippen LogP contribution < -0.4 is 19.3 Å². The summed E-state index contributed by atoms with van der Waals surface area (Å²) in [6.07, 6.45) is 3.65. The van der Waals surface area contributed by atoms with E-state index in [4.69, 9.17) is 13.9 Å². The third-order valence-corrected chi connectivity index (χ3v) is 21.3. The summed E-state index contributed by atoms with van der Waals surface area (Å²) in [6, 6.07) is 108. The molecule has 2 atom stereocenters. The maximum atomic E-state index is 15.3. The quantitative estimate of drug-likeness (QED) is 0.0964. The van der Waals surface area contributed by atoms with Gasteiger partial charge in [-0.25, -0.2) is 8.78 Å². The van der Waals surface area contributed by atoms with Crippen molar-refractivity contribution in [3.63, 3.8) is 0 Å². The van der Waals surface area contributed by atoms with Crippen LogP contribution in [0.1, 0.15) is 108 Å². The third-order valence-electron chi connectivity index (χ3n) is 21.3. The summed E-state index contributed by atoms with van der Waals surface area (Å²) < 4.78 is 50.5. The minimum Gasteiger partial charge on any atom is -0.457 e. The van der Waals surface area contributed by atoms with E-state index in [0.717, 1.165) is 146 Å². The van der Waals surface area contributed by atoms with E-state index in [1.807, 2.05) is 97.1 Å². The molecule has 1 heterocycles. The second-order valence-electron chi connectivity index (χ2n) is 29.6. The SMILES string of the molecule is C=Cc1ccc(Oc2ccc(C3(c4ccc(C(C)(C)C)cc4)c4ccccc4-c4ccc(N(c5ccc(F)cc5)c5ccc6oc7ccc(N(c8ccc(F)cc8)c8ccc9c(c8)C(c8ccc(Oc%10ccc(C=C)cc%10)cc8)(c8ccc(C(C)(C)C)cc8)c8ccccc8-9)cc7c6c5)cc43)cc2)cc1. The van der Waals surface area contributed by atoms with Gasteiger partial charge in [0.25, 0.3) is 0 Å². The van der Waals surface area contributed by atoms with Gasteiger partial charge in [0.05, 0.1) is 10.8 Å². The Morgan fingerprint density at radius 2 is 0.610 bits per heavy atom. The summed E-state index contributed by atoms with van der Waals surface area (Å²) in [6.45, 7) is 21.4. The van der Waals surface area contributed by atoms with Gasteiger partial charge in [-0.05, 0) is 258 Å². The lowest BCUT2D eigenvalue weighted by Crippen LogP contribution is -2.29. The molecule has 2 unspecified atom stereocenters. The van der Waals surface area contributed by atoms with E-state index in [2.05, 4.69) is 271 Å². The number of nitrogens with zero attached hydrogens (tertiary/aromatic N) is 2. The monoisotopic (exact) mass is 1370 g/mol. The molecule has 2 aliphatic rings. The normalized spacial score (nSPS) is 15.0. The van der Waals surface area contributed by atoms with Crippen molar-refractivity contribution in [3.05, 3.63) is 407 Å². The highest BCUT2D eigenvalue weighted by Crippen LogP contribution is 2.60. The first-order valence-electron chi connectivity index (χ1n) is 35.8. The summed E-state index contributed by atoms with van der Waals surface area (Å²) in [5.74, 6) is 2.23. The van der Waals surface area contributed by atoms with Gasteiger partial charge in [0.1, 0.15) is 45.8 Å². The van der Waals surface area contributed by atoms with Gasteiger partial charge in [0.15, 0.2) is 0 Å². The highest BCUT2D eigenvalue weighted by molar-refractivity contribution is 6.08. The van der Waals surface area contributed by atoms with E-state index in [-0.39, 0.29) is 22.5 Å². The van der Waals surface area contributed by atoms with Crippen LogP contribution in [0.2, 0.25) is 0 Å². The van der Waals surface area contributed by atoms with Crippen molar-refractivity contribution in [2.75, 3.05) is 9.80 Å². The molecule has 0 spiro atoms. The molecule has 5 nitrogen and oxygen atoms in total. The van der Waals surface area contributed by atoms with Crippen molar-refractivity contribution < 1.29 is 22.7 Å². The number of hydrogen-bond donors (Lipinski definition) is 0. The zero-order chi connectivity index (χ0) is 71.9.